The van der Waals surface area contributed by atoms with Crippen molar-refractivity contribution in [2.75, 3.05) is 0 Å². The maximum atomic E-state index is 11.6. The average Bonchev–Trinajstić information content (AvgIpc) is 2.55. The van der Waals surface area contributed by atoms with Crippen molar-refractivity contribution in [2.45, 2.75) is 33.2 Å². The van der Waals surface area contributed by atoms with Crippen molar-refractivity contribution in [3.63, 3.8) is 0 Å². The van der Waals surface area contributed by atoms with Gasteiger partial charge < -0.3 is 14.8 Å². The van der Waals surface area contributed by atoms with E-state index in [9.17, 15) is 9.59 Å². The Labute approximate surface area is 92.7 Å². The zero-order chi connectivity index (χ0) is 12.3. The quantitative estimate of drug-likeness (QED) is 0.795. The Kier molecular flexibility index (Phi) is 3.65. The third kappa shape index (κ3) is 2.59. The molecule has 1 atom stereocenters. The van der Waals surface area contributed by atoms with Crippen LogP contribution < -0.4 is 5.32 Å². The van der Waals surface area contributed by atoms with Crippen LogP contribution in [0.25, 0.3) is 0 Å². The fourth-order valence-corrected chi connectivity index (χ4v) is 1.13. The Morgan fingerprint density at radius 3 is 2.50 bits per heavy atom. The van der Waals surface area contributed by atoms with Gasteiger partial charge in [-0.25, -0.2) is 9.78 Å². The number of nitrogens with zero attached hydrogens (tertiary/aromatic N) is 1. The summed E-state index contributed by atoms with van der Waals surface area (Å²) in [4.78, 5) is 26.1. The second-order valence-corrected chi connectivity index (χ2v) is 3.43. The van der Waals surface area contributed by atoms with Crippen LogP contribution in [0.15, 0.2) is 4.42 Å². The molecular formula is C10H14N2O4. The van der Waals surface area contributed by atoms with Gasteiger partial charge in [-0.05, 0) is 20.3 Å². The van der Waals surface area contributed by atoms with E-state index in [1.54, 1.807) is 20.8 Å². The number of carbonyl (C=O) groups excluding carboxylic acids is 1. The number of carbonyl (C=O) groups is 2. The highest BCUT2D eigenvalue weighted by Crippen LogP contribution is 2.08. The van der Waals surface area contributed by atoms with Gasteiger partial charge in [0.05, 0.1) is 5.69 Å². The second-order valence-electron chi connectivity index (χ2n) is 3.43. The number of hydrogen-bond acceptors (Lipinski definition) is 4. The summed E-state index contributed by atoms with van der Waals surface area (Å²) in [6.45, 7) is 5.07. The monoisotopic (exact) mass is 226 g/mol. The number of nitrogens with one attached hydrogen (secondary N) is 1. The normalized spacial score (nSPS) is 12.2. The number of oxazole rings is 1. The molecule has 2 N–H and O–H groups in total. The van der Waals surface area contributed by atoms with E-state index in [1.165, 1.54) is 0 Å². The lowest BCUT2D eigenvalue weighted by Gasteiger charge is -2.09. The fourth-order valence-electron chi connectivity index (χ4n) is 1.13. The number of carboxylic acid groups (broad SMARTS) is 1. The van der Waals surface area contributed by atoms with Crippen molar-refractivity contribution < 1.29 is 19.1 Å². The molecular weight excluding hydrogens is 212 g/mol. The number of aromatic nitrogens is 1. The molecule has 0 aliphatic heterocycles. The first-order chi connectivity index (χ1) is 7.45. The molecule has 0 saturated heterocycles. The van der Waals surface area contributed by atoms with Gasteiger partial charge >= 0.3 is 11.9 Å². The molecule has 0 aliphatic rings. The van der Waals surface area contributed by atoms with Crippen LogP contribution in [0.4, 0.5) is 0 Å². The van der Waals surface area contributed by atoms with Crippen LogP contribution >= 0.6 is 0 Å². The first-order valence-electron chi connectivity index (χ1n) is 4.93. The molecule has 1 heterocycles. The van der Waals surface area contributed by atoms with E-state index < -0.39 is 17.9 Å². The topological polar surface area (TPSA) is 92.4 Å². The van der Waals surface area contributed by atoms with Gasteiger partial charge in [-0.2, -0.15) is 0 Å². The molecule has 1 aromatic heterocycles. The molecule has 1 aromatic rings. The van der Waals surface area contributed by atoms with Crippen LogP contribution in [0.2, 0.25) is 0 Å². The van der Waals surface area contributed by atoms with Gasteiger partial charge in [-0.1, -0.05) is 6.92 Å². The number of hydrogen-bond donors (Lipinski definition) is 2. The van der Waals surface area contributed by atoms with E-state index in [2.05, 4.69) is 10.3 Å². The zero-order valence-corrected chi connectivity index (χ0v) is 9.40. The summed E-state index contributed by atoms with van der Waals surface area (Å²) in [5.41, 5.74) is 0.619. The minimum Gasteiger partial charge on any atom is -0.480 e. The summed E-state index contributed by atoms with van der Waals surface area (Å²) in [6.07, 6.45) is 0.305. The van der Waals surface area contributed by atoms with E-state index in [4.69, 9.17) is 9.52 Å². The molecule has 0 fully saturated rings. The number of aryl methyl sites for hydroxylation is 2. The predicted octanol–water partition coefficient (Wildman–Crippen LogP) is 0.884. The minimum absolute atomic E-state index is 0.102. The molecule has 16 heavy (non-hydrogen) atoms. The lowest BCUT2D eigenvalue weighted by atomic mass is 10.2. The Morgan fingerprint density at radius 2 is 2.12 bits per heavy atom. The standard InChI is InChI=1S/C10H14N2O4/c1-4-7(10(14)15)12-8(13)9-11-5(2)6(3)16-9/h7H,4H2,1-3H3,(H,12,13)(H,14,15). The van der Waals surface area contributed by atoms with Gasteiger partial charge in [0.15, 0.2) is 0 Å². The molecule has 0 aromatic carbocycles. The molecule has 0 bridgehead atoms. The summed E-state index contributed by atoms with van der Waals surface area (Å²) >= 11 is 0. The average molecular weight is 226 g/mol. The lowest BCUT2D eigenvalue weighted by Crippen LogP contribution is -2.40. The summed E-state index contributed by atoms with van der Waals surface area (Å²) in [5.74, 6) is -1.23. The maximum Gasteiger partial charge on any atom is 0.326 e. The Bertz CT molecular complexity index is 391. The minimum atomic E-state index is -1.07. The van der Waals surface area contributed by atoms with E-state index in [-0.39, 0.29) is 5.89 Å². The molecule has 0 saturated carbocycles. The SMILES string of the molecule is CCC(NC(=O)c1nc(C)c(C)o1)C(=O)O. The van der Waals surface area contributed by atoms with Gasteiger partial charge in [0, 0.05) is 0 Å². The van der Waals surface area contributed by atoms with Crippen molar-refractivity contribution >= 4 is 11.9 Å². The van der Waals surface area contributed by atoms with Crippen LogP contribution in [0.1, 0.15) is 35.5 Å². The largest absolute Gasteiger partial charge is 0.480 e. The Balaban J connectivity index is 2.75. The van der Waals surface area contributed by atoms with Gasteiger partial charge in [-0.15, -0.1) is 0 Å². The number of carboxylic acids is 1. The smallest absolute Gasteiger partial charge is 0.326 e. The zero-order valence-electron chi connectivity index (χ0n) is 9.40. The predicted molar refractivity (Wildman–Crippen MR) is 55.2 cm³/mol. The van der Waals surface area contributed by atoms with Crippen LogP contribution in [-0.2, 0) is 4.79 Å². The summed E-state index contributed by atoms with van der Waals surface area (Å²) in [6, 6.07) is -0.917. The molecule has 88 valence electrons. The fraction of sp³-hybridized carbons (Fsp3) is 0.500. The third-order valence-corrected chi connectivity index (χ3v) is 2.23. The van der Waals surface area contributed by atoms with Crippen LogP contribution in [-0.4, -0.2) is 28.0 Å². The summed E-state index contributed by atoms with van der Waals surface area (Å²) in [7, 11) is 0. The Hall–Kier alpha value is -1.85. The molecule has 0 aliphatic carbocycles. The van der Waals surface area contributed by atoms with E-state index in [0.717, 1.165) is 0 Å². The molecule has 1 amide bonds. The van der Waals surface area contributed by atoms with E-state index in [1.807, 2.05) is 0 Å². The molecule has 0 radical (unpaired) electrons. The molecule has 1 unspecified atom stereocenters. The highest BCUT2D eigenvalue weighted by atomic mass is 16.4. The molecule has 1 rings (SSSR count). The Morgan fingerprint density at radius 1 is 1.50 bits per heavy atom. The first-order valence-corrected chi connectivity index (χ1v) is 4.93. The maximum absolute atomic E-state index is 11.6. The number of amides is 1. The van der Waals surface area contributed by atoms with Gasteiger partial charge in [0.1, 0.15) is 11.8 Å². The van der Waals surface area contributed by atoms with Crippen molar-refractivity contribution in [3.8, 4) is 0 Å². The van der Waals surface area contributed by atoms with Gasteiger partial charge in [0.25, 0.3) is 5.89 Å². The molecule has 0 spiro atoms. The first kappa shape index (κ1) is 12.2. The number of rotatable bonds is 4. The van der Waals surface area contributed by atoms with E-state index in [0.29, 0.717) is 17.9 Å². The van der Waals surface area contributed by atoms with Crippen molar-refractivity contribution in [1.82, 2.24) is 10.3 Å². The van der Waals surface area contributed by atoms with E-state index >= 15 is 0 Å². The third-order valence-electron chi connectivity index (χ3n) is 2.23. The van der Waals surface area contributed by atoms with Gasteiger partial charge in [-0.3, -0.25) is 4.79 Å². The van der Waals surface area contributed by atoms with Crippen LogP contribution in [0, 0.1) is 13.8 Å². The van der Waals surface area contributed by atoms with Crippen LogP contribution in [0.5, 0.6) is 0 Å². The highest BCUT2D eigenvalue weighted by molar-refractivity contribution is 5.92. The van der Waals surface area contributed by atoms with Gasteiger partial charge in [0.2, 0.25) is 0 Å². The van der Waals surface area contributed by atoms with Crippen molar-refractivity contribution in [1.29, 1.82) is 0 Å². The molecule has 6 heteroatoms. The summed E-state index contributed by atoms with van der Waals surface area (Å²) in [5, 5.41) is 11.1. The van der Waals surface area contributed by atoms with Crippen LogP contribution in [0.3, 0.4) is 0 Å². The number of aliphatic carboxylic acids is 1. The molecule has 6 nitrogen and oxygen atoms in total. The highest BCUT2D eigenvalue weighted by Gasteiger charge is 2.21. The van der Waals surface area contributed by atoms with Crippen molar-refractivity contribution in [3.05, 3.63) is 17.3 Å². The summed E-state index contributed by atoms with van der Waals surface area (Å²) < 4.78 is 5.09. The lowest BCUT2D eigenvalue weighted by molar-refractivity contribution is -0.139. The second kappa shape index (κ2) is 4.78. The van der Waals surface area contributed by atoms with Crippen molar-refractivity contribution in [2.24, 2.45) is 0 Å².